The SMILES string of the molecule is COc1cc(CCC(=O)N[C@@H]2CCOc3ccccc32)cc(OC)c1OC. The molecule has 144 valence electrons. The van der Waals surface area contributed by atoms with E-state index in [1.54, 1.807) is 21.3 Å². The fourth-order valence-corrected chi connectivity index (χ4v) is 3.30. The molecule has 3 rings (SSSR count). The van der Waals surface area contributed by atoms with Gasteiger partial charge in [0.1, 0.15) is 5.75 Å². The minimum Gasteiger partial charge on any atom is -0.493 e. The maximum atomic E-state index is 12.5. The number of para-hydroxylation sites is 1. The van der Waals surface area contributed by atoms with Gasteiger partial charge in [0.2, 0.25) is 11.7 Å². The number of fused-ring (bicyclic) bond motifs is 1. The number of nitrogens with one attached hydrogen (secondary N) is 1. The molecule has 0 saturated heterocycles. The molecule has 1 heterocycles. The monoisotopic (exact) mass is 371 g/mol. The van der Waals surface area contributed by atoms with Crippen molar-refractivity contribution in [2.75, 3.05) is 27.9 Å². The first kappa shape index (κ1) is 18.9. The van der Waals surface area contributed by atoms with Gasteiger partial charge in [-0.15, -0.1) is 0 Å². The molecule has 1 atom stereocenters. The number of carbonyl (C=O) groups is 1. The molecule has 1 N–H and O–H groups in total. The maximum Gasteiger partial charge on any atom is 0.220 e. The van der Waals surface area contributed by atoms with Gasteiger partial charge in [0.15, 0.2) is 11.5 Å². The van der Waals surface area contributed by atoms with Crippen LogP contribution in [0.5, 0.6) is 23.0 Å². The molecule has 2 aromatic rings. The van der Waals surface area contributed by atoms with Crippen LogP contribution in [0, 0.1) is 0 Å². The van der Waals surface area contributed by atoms with E-state index in [1.807, 2.05) is 36.4 Å². The Kier molecular flexibility index (Phi) is 6.06. The molecule has 0 unspecified atom stereocenters. The highest BCUT2D eigenvalue weighted by Crippen LogP contribution is 2.38. The first-order valence-corrected chi connectivity index (χ1v) is 8.96. The predicted octanol–water partition coefficient (Wildman–Crippen LogP) is 3.29. The number of hydrogen-bond donors (Lipinski definition) is 1. The van der Waals surface area contributed by atoms with Crippen molar-refractivity contribution in [3.8, 4) is 23.0 Å². The fraction of sp³-hybridized carbons (Fsp3) is 0.381. The summed E-state index contributed by atoms with van der Waals surface area (Å²) in [7, 11) is 4.73. The van der Waals surface area contributed by atoms with E-state index < -0.39 is 0 Å². The van der Waals surface area contributed by atoms with Gasteiger partial charge < -0.3 is 24.3 Å². The van der Waals surface area contributed by atoms with Crippen LogP contribution in [0.15, 0.2) is 36.4 Å². The average Bonchev–Trinajstić information content (AvgIpc) is 2.71. The summed E-state index contributed by atoms with van der Waals surface area (Å²) in [5, 5.41) is 3.12. The van der Waals surface area contributed by atoms with E-state index in [4.69, 9.17) is 18.9 Å². The molecule has 2 aromatic carbocycles. The van der Waals surface area contributed by atoms with Crippen LogP contribution in [-0.4, -0.2) is 33.8 Å². The van der Waals surface area contributed by atoms with E-state index >= 15 is 0 Å². The molecule has 6 nitrogen and oxygen atoms in total. The lowest BCUT2D eigenvalue weighted by Crippen LogP contribution is -2.32. The highest BCUT2D eigenvalue weighted by Gasteiger charge is 2.22. The van der Waals surface area contributed by atoms with Crippen molar-refractivity contribution < 1.29 is 23.7 Å². The third-order valence-electron chi connectivity index (χ3n) is 4.66. The number of amides is 1. The Morgan fingerprint density at radius 2 is 1.81 bits per heavy atom. The van der Waals surface area contributed by atoms with E-state index in [0.717, 1.165) is 23.3 Å². The van der Waals surface area contributed by atoms with E-state index in [1.165, 1.54) is 0 Å². The Morgan fingerprint density at radius 1 is 1.11 bits per heavy atom. The van der Waals surface area contributed by atoms with Gasteiger partial charge in [0, 0.05) is 18.4 Å². The predicted molar refractivity (Wildman–Crippen MR) is 102 cm³/mol. The van der Waals surface area contributed by atoms with Crippen molar-refractivity contribution in [3.05, 3.63) is 47.5 Å². The highest BCUT2D eigenvalue weighted by molar-refractivity contribution is 5.77. The molecule has 1 aliphatic heterocycles. The van der Waals surface area contributed by atoms with Crippen LogP contribution in [0.3, 0.4) is 0 Å². The Labute approximate surface area is 159 Å². The molecule has 0 saturated carbocycles. The Balaban J connectivity index is 1.65. The largest absolute Gasteiger partial charge is 0.493 e. The second-order valence-electron chi connectivity index (χ2n) is 6.33. The lowest BCUT2D eigenvalue weighted by atomic mass is 10.00. The summed E-state index contributed by atoms with van der Waals surface area (Å²) in [6.07, 6.45) is 1.72. The van der Waals surface area contributed by atoms with E-state index in [9.17, 15) is 4.79 Å². The third kappa shape index (κ3) is 4.27. The molecule has 1 amide bonds. The van der Waals surface area contributed by atoms with E-state index in [-0.39, 0.29) is 11.9 Å². The van der Waals surface area contributed by atoms with Crippen LogP contribution in [0.25, 0.3) is 0 Å². The van der Waals surface area contributed by atoms with Crippen molar-refractivity contribution in [3.63, 3.8) is 0 Å². The van der Waals surface area contributed by atoms with Crippen molar-refractivity contribution in [2.45, 2.75) is 25.3 Å². The Morgan fingerprint density at radius 3 is 2.48 bits per heavy atom. The van der Waals surface area contributed by atoms with E-state index in [0.29, 0.717) is 36.7 Å². The standard InChI is InChI=1S/C21H25NO5/c1-24-18-12-14(13-19(25-2)21(18)26-3)8-9-20(23)22-16-10-11-27-17-7-5-4-6-15(16)17/h4-7,12-13,16H,8-11H2,1-3H3,(H,22,23)/t16-/m1/s1. The van der Waals surface area contributed by atoms with Crippen molar-refractivity contribution in [2.24, 2.45) is 0 Å². The number of benzene rings is 2. The fourth-order valence-electron chi connectivity index (χ4n) is 3.30. The van der Waals surface area contributed by atoms with E-state index in [2.05, 4.69) is 5.32 Å². The molecule has 0 bridgehead atoms. The van der Waals surface area contributed by atoms with Crippen molar-refractivity contribution >= 4 is 5.91 Å². The Hall–Kier alpha value is -2.89. The summed E-state index contributed by atoms with van der Waals surface area (Å²) >= 11 is 0. The summed E-state index contributed by atoms with van der Waals surface area (Å²) in [6.45, 7) is 0.606. The highest BCUT2D eigenvalue weighted by atomic mass is 16.5. The van der Waals surface area contributed by atoms with Crippen LogP contribution >= 0.6 is 0 Å². The molecule has 0 radical (unpaired) electrons. The quantitative estimate of drug-likeness (QED) is 0.809. The summed E-state index contributed by atoms with van der Waals surface area (Å²) in [5.41, 5.74) is 1.98. The average molecular weight is 371 g/mol. The molecule has 27 heavy (non-hydrogen) atoms. The molecule has 6 heteroatoms. The van der Waals surface area contributed by atoms with Gasteiger partial charge in [0.25, 0.3) is 0 Å². The molecule has 0 spiro atoms. The second kappa shape index (κ2) is 8.66. The minimum absolute atomic E-state index is 0.00505. The number of hydrogen-bond acceptors (Lipinski definition) is 5. The first-order chi connectivity index (χ1) is 13.2. The maximum absolute atomic E-state index is 12.5. The van der Waals surface area contributed by atoms with Crippen LogP contribution in [0.2, 0.25) is 0 Å². The second-order valence-corrected chi connectivity index (χ2v) is 6.33. The zero-order valence-electron chi connectivity index (χ0n) is 15.9. The number of rotatable bonds is 7. The summed E-state index contributed by atoms with van der Waals surface area (Å²) in [6, 6.07) is 11.6. The molecule has 0 aliphatic carbocycles. The third-order valence-corrected chi connectivity index (χ3v) is 4.66. The van der Waals surface area contributed by atoms with Gasteiger partial charge in [-0.25, -0.2) is 0 Å². The zero-order valence-corrected chi connectivity index (χ0v) is 15.9. The van der Waals surface area contributed by atoms with Gasteiger partial charge in [-0.1, -0.05) is 18.2 Å². The van der Waals surface area contributed by atoms with Crippen LogP contribution in [0.4, 0.5) is 0 Å². The molecular weight excluding hydrogens is 346 g/mol. The first-order valence-electron chi connectivity index (χ1n) is 8.96. The smallest absolute Gasteiger partial charge is 0.220 e. The van der Waals surface area contributed by atoms with Crippen molar-refractivity contribution in [1.82, 2.24) is 5.32 Å². The lowest BCUT2D eigenvalue weighted by Gasteiger charge is -2.26. The van der Waals surface area contributed by atoms with Gasteiger partial charge in [-0.05, 0) is 30.2 Å². The molecule has 1 aliphatic rings. The van der Waals surface area contributed by atoms with Crippen LogP contribution in [0.1, 0.15) is 30.0 Å². The number of aryl methyl sites for hydroxylation is 1. The topological polar surface area (TPSA) is 66.0 Å². The van der Waals surface area contributed by atoms with Gasteiger partial charge >= 0.3 is 0 Å². The molecular formula is C21H25NO5. The van der Waals surface area contributed by atoms with Gasteiger partial charge in [-0.3, -0.25) is 4.79 Å². The number of methoxy groups -OCH3 is 3. The normalized spacial score (nSPS) is 15.3. The molecule has 0 aromatic heterocycles. The lowest BCUT2D eigenvalue weighted by molar-refractivity contribution is -0.122. The number of carbonyl (C=O) groups excluding carboxylic acids is 1. The minimum atomic E-state index is -0.0117. The summed E-state index contributed by atoms with van der Waals surface area (Å²) in [5.74, 6) is 2.58. The summed E-state index contributed by atoms with van der Waals surface area (Å²) in [4.78, 5) is 12.5. The van der Waals surface area contributed by atoms with Gasteiger partial charge in [-0.2, -0.15) is 0 Å². The van der Waals surface area contributed by atoms with Crippen LogP contribution < -0.4 is 24.3 Å². The summed E-state index contributed by atoms with van der Waals surface area (Å²) < 4.78 is 21.7. The van der Waals surface area contributed by atoms with Gasteiger partial charge in [0.05, 0.1) is 34.0 Å². The molecule has 0 fully saturated rings. The zero-order chi connectivity index (χ0) is 19.2. The Bertz CT molecular complexity index is 780. The van der Waals surface area contributed by atoms with Crippen LogP contribution in [-0.2, 0) is 11.2 Å². The number of ether oxygens (including phenoxy) is 4. The van der Waals surface area contributed by atoms with Crippen molar-refractivity contribution in [1.29, 1.82) is 0 Å².